The number of hydrogen-bond donors (Lipinski definition) is 2. The van der Waals surface area contributed by atoms with E-state index in [4.69, 9.17) is 27.4 Å². The zero-order valence-electron chi connectivity index (χ0n) is 11.6. The van der Waals surface area contributed by atoms with Gasteiger partial charge in [0.25, 0.3) is 0 Å². The van der Waals surface area contributed by atoms with Gasteiger partial charge in [-0.25, -0.2) is 0 Å². The highest BCUT2D eigenvalue weighted by Crippen LogP contribution is 2.14. The average Bonchev–Trinajstić information content (AvgIpc) is 2.43. The maximum absolute atomic E-state index is 11.8. The van der Waals surface area contributed by atoms with Crippen molar-refractivity contribution in [3.05, 3.63) is 29.8 Å². The molecule has 0 saturated carbocycles. The van der Waals surface area contributed by atoms with Crippen LogP contribution in [0.1, 0.15) is 18.4 Å². The minimum absolute atomic E-state index is 0.125. The van der Waals surface area contributed by atoms with Crippen LogP contribution in [0.15, 0.2) is 24.3 Å². The first-order chi connectivity index (χ1) is 9.65. The summed E-state index contributed by atoms with van der Waals surface area (Å²) < 4.78 is 10.2. The van der Waals surface area contributed by atoms with E-state index in [0.717, 1.165) is 6.42 Å². The first kappa shape index (κ1) is 16.6. The Morgan fingerprint density at radius 1 is 1.30 bits per heavy atom. The molecule has 0 heterocycles. The number of para-hydroxylation sites is 1. The molecule has 0 bridgehead atoms. The Hall–Kier alpha value is -1.50. The minimum atomic E-state index is -0.125. The molecular formula is C14H20N2O3S. The molecule has 1 aromatic rings. The molecule has 6 heteroatoms. The van der Waals surface area contributed by atoms with Crippen LogP contribution in [0.4, 0.5) is 5.69 Å². The lowest BCUT2D eigenvalue weighted by Crippen LogP contribution is -2.18. The van der Waals surface area contributed by atoms with Gasteiger partial charge >= 0.3 is 0 Å². The summed E-state index contributed by atoms with van der Waals surface area (Å²) in [5, 5.41) is 2.78. The van der Waals surface area contributed by atoms with Gasteiger partial charge in [-0.1, -0.05) is 24.4 Å². The lowest BCUT2D eigenvalue weighted by Gasteiger charge is -2.10. The Labute approximate surface area is 124 Å². The van der Waals surface area contributed by atoms with Crippen molar-refractivity contribution in [2.24, 2.45) is 5.73 Å². The van der Waals surface area contributed by atoms with E-state index < -0.39 is 0 Å². The zero-order chi connectivity index (χ0) is 14.8. The number of thiocarbonyl (C=S) groups is 1. The number of nitrogens with one attached hydrogen (secondary N) is 1. The normalized spacial score (nSPS) is 10.2. The van der Waals surface area contributed by atoms with Crippen LogP contribution in [-0.2, 0) is 14.3 Å². The quantitative estimate of drug-likeness (QED) is 0.536. The Morgan fingerprint density at radius 2 is 2.05 bits per heavy atom. The molecule has 0 aliphatic rings. The summed E-state index contributed by atoms with van der Waals surface area (Å²) in [5.41, 5.74) is 6.89. The SMILES string of the molecule is COCCCOCCC(=O)Nc1ccccc1C(N)=S. The molecule has 0 aromatic heterocycles. The summed E-state index contributed by atoms with van der Waals surface area (Å²) >= 11 is 4.94. The van der Waals surface area contributed by atoms with Gasteiger partial charge < -0.3 is 20.5 Å². The molecule has 1 aromatic carbocycles. The van der Waals surface area contributed by atoms with Gasteiger partial charge in [-0.2, -0.15) is 0 Å². The number of benzene rings is 1. The van der Waals surface area contributed by atoms with Crippen LogP contribution in [0.3, 0.4) is 0 Å². The summed E-state index contributed by atoms with van der Waals surface area (Å²) in [5.74, 6) is -0.125. The highest BCUT2D eigenvalue weighted by atomic mass is 32.1. The summed E-state index contributed by atoms with van der Waals surface area (Å²) in [7, 11) is 1.65. The molecule has 3 N–H and O–H groups in total. The molecule has 0 unspecified atom stereocenters. The maximum atomic E-state index is 11.8. The molecule has 0 saturated heterocycles. The number of hydrogen-bond acceptors (Lipinski definition) is 4. The molecule has 0 aliphatic carbocycles. The van der Waals surface area contributed by atoms with Gasteiger partial charge in [0.2, 0.25) is 5.91 Å². The zero-order valence-corrected chi connectivity index (χ0v) is 12.4. The smallest absolute Gasteiger partial charge is 0.226 e. The van der Waals surface area contributed by atoms with Gasteiger partial charge in [-0.05, 0) is 18.6 Å². The number of methoxy groups -OCH3 is 1. The number of amides is 1. The molecule has 0 atom stereocenters. The van der Waals surface area contributed by atoms with Crippen LogP contribution < -0.4 is 11.1 Å². The predicted molar refractivity (Wildman–Crippen MR) is 82.9 cm³/mol. The number of ether oxygens (including phenoxy) is 2. The monoisotopic (exact) mass is 296 g/mol. The van der Waals surface area contributed by atoms with Crippen molar-refractivity contribution < 1.29 is 14.3 Å². The molecule has 20 heavy (non-hydrogen) atoms. The topological polar surface area (TPSA) is 73.6 Å². The van der Waals surface area contributed by atoms with E-state index in [9.17, 15) is 4.79 Å². The molecule has 0 aliphatic heterocycles. The van der Waals surface area contributed by atoms with Crippen LogP contribution in [0, 0.1) is 0 Å². The third-order valence-corrected chi connectivity index (χ3v) is 2.80. The van der Waals surface area contributed by atoms with E-state index in [1.165, 1.54) is 0 Å². The fourth-order valence-electron chi connectivity index (χ4n) is 1.59. The predicted octanol–water partition coefficient (Wildman–Crippen LogP) is 1.70. The Bertz CT molecular complexity index is 452. The van der Waals surface area contributed by atoms with E-state index in [-0.39, 0.29) is 10.9 Å². The largest absolute Gasteiger partial charge is 0.389 e. The lowest BCUT2D eigenvalue weighted by molar-refractivity contribution is -0.117. The standard InChI is InChI=1S/C14H20N2O3S/c1-18-8-4-9-19-10-7-13(17)16-12-6-3-2-5-11(12)14(15)20/h2-3,5-6H,4,7-10H2,1H3,(H2,15,20)(H,16,17). The molecule has 0 radical (unpaired) electrons. The van der Waals surface area contributed by atoms with E-state index >= 15 is 0 Å². The van der Waals surface area contributed by atoms with Gasteiger partial charge in [0.05, 0.1) is 18.7 Å². The summed E-state index contributed by atoms with van der Waals surface area (Å²) in [6.45, 7) is 1.63. The van der Waals surface area contributed by atoms with Crippen molar-refractivity contribution in [2.75, 3.05) is 32.2 Å². The van der Waals surface area contributed by atoms with Crippen molar-refractivity contribution in [1.29, 1.82) is 0 Å². The van der Waals surface area contributed by atoms with E-state index in [0.29, 0.717) is 37.5 Å². The fourth-order valence-corrected chi connectivity index (χ4v) is 1.77. The highest BCUT2D eigenvalue weighted by Gasteiger charge is 2.07. The Balaban J connectivity index is 2.34. The lowest BCUT2D eigenvalue weighted by atomic mass is 10.1. The first-order valence-corrected chi connectivity index (χ1v) is 6.81. The van der Waals surface area contributed by atoms with E-state index in [2.05, 4.69) is 5.32 Å². The van der Waals surface area contributed by atoms with Crippen molar-refractivity contribution in [2.45, 2.75) is 12.8 Å². The summed E-state index contributed by atoms with van der Waals surface area (Å²) in [4.78, 5) is 12.0. The van der Waals surface area contributed by atoms with Crippen LogP contribution in [0.2, 0.25) is 0 Å². The minimum Gasteiger partial charge on any atom is -0.389 e. The Morgan fingerprint density at radius 3 is 2.75 bits per heavy atom. The van der Waals surface area contributed by atoms with Crippen LogP contribution in [0.5, 0.6) is 0 Å². The van der Waals surface area contributed by atoms with Gasteiger partial charge in [0, 0.05) is 25.9 Å². The number of carbonyl (C=O) groups is 1. The third kappa shape index (κ3) is 6.10. The van der Waals surface area contributed by atoms with Gasteiger partial charge in [-0.3, -0.25) is 4.79 Å². The summed E-state index contributed by atoms with van der Waals surface area (Å²) in [6, 6.07) is 7.19. The number of carbonyl (C=O) groups excluding carboxylic acids is 1. The molecule has 1 rings (SSSR count). The second-order valence-corrected chi connectivity index (χ2v) is 4.61. The first-order valence-electron chi connectivity index (χ1n) is 6.40. The maximum Gasteiger partial charge on any atom is 0.226 e. The van der Waals surface area contributed by atoms with E-state index in [1.807, 2.05) is 12.1 Å². The Kier molecular flexibility index (Phi) is 7.79. The molecule has 0 fully saturated rings. The number of anilines is 1. The van der Waals surface area contributed by atoms with Crippen molar-refractivity contribution in [3.63, 3.8) is 0 Å². The van der Waals surface area contributed by atoms with Crippen LogP contribution >= 0.6 is 12.2 Å². The van der Waals surface area contributed by atoms with Gasteiger partial charge in [-0.15, -0.1) is 0 Å². The third-order valence-electron chi connectivity index (χ3n) is 2.58. The van der Waals surface area contributed by atoms with Gasteiger partial charge in [0.1, 0.15) is 4.99 Å². The average molecular weight is 296 g/mol. The van der Waals surface area contributed by atoms with Gasteiger partial charge in [0.15, 0.2) is 0 Å². The molecular weight excluding hydrogens is 276 g/mol. The second kappa shape index (κ2) is 9.41. The molecule has 5 nitrogen and oxygen atoms in total. The molecule has 0 spiro atoms. The second-order valence-electron chi connectivity index (χ2n) is 4.17. The van der Waals surface area contributed by atoms with Crippen molar-refractivity contribution in [1.82, 2.24) is 0 Å². The van der Waals surface area contributed by atoms with Crippen molar-refractivity contribution in [3.8, 4) is 0 Å². The molecule has 110 valence electrons. The van der Waals surface area contributed by atoms with Crippen LogP contribution in [-0.4, -0.2) is 37.8 Å². The van der Waals surface area contributed by atoms with Crippen LogP contribution in [0.25, 0.3) is 0 Å². The number of rotatable bonds is 9. The number of nitrogens with two attached hydrogens (primary N) is 1. The highest BCUT2D eigenvalue weighted by molar-refractivity contribution is 7.80. The summed E-state index contributed by atoms with van der Waals surface area (Å²) in [6.07, 6.45) is 1.11. The van der Waals surface area contributed by atoms with Crippen molar-refractivity contribution >= 4 is 28.8 Å². The molecule has 1 amide bonds. The van der Waals surface area contributed by atoms with E-state index in [1.54, 1.807) is 19.2 Å². The fraction of sp³-hybridized carbons (Fsp3) is 0.429.